The lowest BCUT2D eigenvalue weighted by Gasteiger charge is -2.23. The summed E-state index contributed by atoms with van der Waals surface area (Å²) in [6, 6.07) is 0.602. The van der Waals surface area contributed by atoms with Gasteiger partial charge in [-0.05, 0) is 32.2 Å². The van der Waals surface area contributed by atoms with E-state index in [0.29, 0.717) is 12.6 Å². The largest absolute Gasteiger partial charge is 0.314 e. The fourth-order valence-electron chi connectivity index (χ4n) is 1.78. The predicted octanol–water partition coefficient (Wildman–Crippen LogP) is 0.458. The first-order chi connectivity index (χ1) is 6.58. The lowest BCUT2D eigenvalue weighted by Crippen LogP contribution is -2.34. The first-order valence-corrected chi connectivity index (χ1v) is 7.15. The Bertz CT molecular complexity index is 246. The minimum Gasteiger partial charge on any atom is -0.314 e. The predicted molar refractivity (Wildman–Crippen MR) is 57.7 cm³/mol. The second-order valence-electron chi connectivity index (χ2n) is 3.96. The van der Waals surface area contributed by atoms with Crippen molar-refractivity contribution in [2.75, 3.05) is 19.3 Å². The van der Waals surface area contributed by atoms with E-state index < -0.39 is 10.0 Å². The fourth-order valence-corrected chi connectivity index (χ4v) is 2.29. The van der Waals surface area contributed by atoms with E-state index in [9.17, 15) is 8.42 Å². The minimum absolute atomic E-state index is 0.566. The summed E-state index contributed by atoms with van der Waals surface area (Å²) in [4.78, 5) is 0. The second-order valence-corrected chi connectivity index (χ2v) is 5.79. The molecule has 0 aliphatic carbocycles. The van der Waals surface area contributed by atoms with Gasteiger partial charge in [0, 0.05) is 12.6 Å². The van der Waals surface area contributed by atoms with E-state index in [1.165, 1.54) is 25.5 Å². The molecule has 0 saturated carbocycles. The van der Waals surface area contributed by atoms with Crippen LogP contribution in [0.4, 0.5) is 0 Å². The third-order valence-electron chi connectivity index (χ3n) is 2.51. The highest BCUT2D eigenvalue weighted by molar-refractivity contribution is 7.88. The van der Waals surface area contributed by atoms with Crippen molar-refractivity contribution in [3.8, 4) is 0 Å². The van der Waals surface area contributed by atoms with E-state index >= 15 is 0 Å². The summed E-state index contributed by atoms with van der Waals surface area (Å²) in [6.45, 7) is 1.68. The van der Waals surface area contributed by atoms with Crippen LogP contribution >= 0.6 is 0 Å². The van der Waals surface area contributed by atoms with E-state index in [2.05, 4.69) is 10.0 Å². The summed E-state index contributed by atoms with van der Waals surface area (Å²) >= 11 is 0. The van der Waals surface area contributed by atoms with Gasteiger partial charge in [-0.15, -0.1) is 0 Å². The highest BCUT2D eigenvalue weighted by Crippen LogP contribution is 2.11. The summed E-state index contributed by atoms with van der Waals surface area (Å²) in [7, 11) is -3.00. The normalized spacial score (nSPS) is 23.6. The number of hydrogen-bond donors (Lipinski definition) is 2. The smallest absolute Gasteiger partial charge is 0.208 e. The van der Waals surface area contributed by atoms with Gasteiger partial charge < -0.3 is 5.32 Å². The zero-order chi connectivity index (χ0) is 10.4. The van der Waals surface area contributed by atoms with Crippen LogP contribution in [0.15, 0.2) is 0 Å². The molecular formula is C9H20N2O2S. The molecule has 1 fully saturated rings. The molecule has 2 N–H and O–H groups in total. The van der Waals surface area contributed by atoms with Crippen LogP contribution in [-0.4, -0.2) is 33.8 Å². The van der Waals surface area contributed by atoms with Gasteiger partial charge in [0.05, 0.1) is 6.26 Å². The summed E-state index contributed by atoms with van der Waals surface area (Å²) in [5.74, 6) is 0. The first-order valence-electron chi connectivity index (χ1n) is 5.26. The van der Waals surface area contributed by atoms with E-state index in [1.54, 1.807) is 0 Å². The third kappa shape index (κ3) is 5.57. The summed E-state index contributed by atoms with van der Waals surface area (Å²) in [5.41, 5.74) is 0. The molecular weight excluding hydrogens is 200 g/mol. The Morgan fingerprint density at radius 2 is 2.21 bits per heavy atom. The first kappa shape index (κ1) is 11.9. The van der Waals surface area contributed by atoms with Crippen LogP contribution in [0.3, 0.4) is 0 Å². The van der Waals surface area contributed by atoms with Crippen LogP contribution in [0.2, 0.25) is 0 Å². The zero-order valence-corrected chi connectivity index (χ0v) is 9.57. The van der Waals surface area contributed by atoms with Gasteiger partial charge in [-0.3, -0.25) is 0 Å². The molecule has 5 heteroatoms. The van der Waals surface area contributed by atoms with Gasteiger partial charge in [0.1, 0.15) is 0 Å². The van der Waals surface area contributed by atoms with E-state index in [-0.39, 0.29) is 0 Å². The average Bonchev–Trinajstić information content (AvgIpc) is 2.13. The van der Waals surface area contributed by atoms with E-state index in [4.69, 9.17) is 0 Å². The van der Waals surface area contributed by atoms with Gasteiger partial charge in [0.2, 0.25) is 10.0 Å². The van der Waals surface area contributed by atoms with E-state index in [1.807, 2.05) is 0 Å². The number of rotatable bonds is 5. The summed E-state index contributed by atoms with van der Waals surface area (Å²) in [5, 5.41) is 3.44. The Morgan fingerprint density at radius 1 is 1.43 bits per heavy atom. The van der Waals surface area contributed by atoms with Crippen LogP contribution < -0.4 is 10.0 Å². The van der Waals surface area contributed by atoms with E-state index in [0.717, 1.165) is 19.4 Å². The molecule has 0 spiro atoms. The van der Waals surface area contributed by atoms with Crippen molar-refractivity contribution in [1.29, 1.82) is 0 Å². The van der Waals surface area contributed by atoms with Gasteiger partial charge in [0.25, 0.3) is 0 Å². The molecule has 1 aliphatic heterocycles. The Kier molecular flexibility index (Phi) is 4.84. The average molecular weight is 220 g/mol. The van der Waals surface area contributed by atoms with Crippen molar-refractivity contribution < 1.29 is 8.42 Å². The number of sulfonamides is 1. The number of hydrogen-bond acceptors (Lipinski definition) is 3. The van der Waals surface area contributed by atoms with Gasteiger partial charge in [0.15, 0.2) is 0 Å². The van der Waals surface area contributed by atoms with Gasteiger partial charge >= 0.3 is 0 Å². The van der Waals surface area contributed by atoms with Gasteiger partial charge in [-0.1, -0.05) is 6.42 Å². The molecule has 0 bridgehead atoms. The van der Waals surface area contributed by atoms with Gasteiger partial charge in [-0.2, -0.15) is 0 Å². The van der Waals surface area contributed by atoms with Crippen molar-refractivity contribution in [1.82, 2.24) is 10.0 Å². The lowest BCUT2D eigenvalue weighted by atomic mass is 10.0. The maximum atomic E-state index is 10.8. The molecule has 0 radical (unpaired) electrons. The standard InChI is InChI=1S/C9H20N2O2S/c1-14(12,13)11-8-4-6-9-5-2-3-7-10-9/h9-11H,2-8H2,1H3. The Labute approximate surface area is 86.5 Å². The van der Waals surface area contributed by atoms with Crippen molar-refractivity contribution in [3.05, 3.63) is 0 Å². The van der Waals surface area contributed by atoms with Crippen molar-refractivity contribution in [2.45, 2.75) is 38.1 Å². The van der Waals surface area contributed by atoms with Crippen molar-refractivity contribution in [3.63, 3.8) is 0 Å². The quantitative estimate of drug-likeness (QED) is 0.662. The summed E-state index contributed by atoms with van der Waals surface area (Å²) in [6.07, 6.45) is 7.01. The highest BCUT2D eigenvalue weighted by atomic mass is 32.2. The molecule has 0 aromatic rings. The van der Waals surface area contributed by atoms with Gasteiger partial charge in [-0.25, -0.2) is 13.1 Å². The van der Waals surface area contributed by atoms with Crippen molar-refractivity contribution in [2.24, 2.45) is 0 Å². The molecule has 1 unspecified atom stereocenters. The van der Waals surface area contributed by atoms with Crippen LogP contribution in [-0.2, 0) is 10.0 Å². The molecule has 14 heavy (non-hydrogen) atoms. The fraction of sp³-hybridized carbons (Fsp3) is 1.00. The molecule has 4 nitrogen and oxygen atoms in total. The van der Waals surface area contributed by atoms with Crippen LogP contribution in [0.5, 0.6) is 0 Å². The molecule has 1 aliphatic rings. The molecule has 84 valence electrons. The Morgan fingerprint density at radius 3 is 2.79 bits per heavy atom. The monoisotopic (exact) mass is 220 g/mol. The summed E-state index contributed by atoms with van der Waals surface area (Å²) < 4.78 is 24.0. The second kappa shape index (κ2) is 5.68. The maximum Gasteiger partial charge on any atom is 0.208 e. The SMILES string of the molecule is CS(=O)(=O)NCCCC1CCCCN1. The van der Waals surface area contributed by atoms with Crippen LogP contribution in [0.25, 0.3) is 0 Å². The Hall–Kier alpha value is -0.130. The molecule has 0 aromatic heterocycles. The molecule has 1 atom stereocenters. The third-order valence-corrected chi connectivity index (χ3v) is 3.23. The topological polar surface area (TPSA) is 58.2 Å². The van der Waals surface area contributed by atoms with Crippen molar-refractivity contribution >= 4 is 10.0 Å². The number of piperidine rings is 1. The van der Waals surface area contributed by atoms with Crippen LogP contribution in [0, 0.1) is 0 Å². The molecule has 1 rings (SSSR count). The molecule has 1 saturated heterocycles. The maximum absolute atomic E-state index is 10.8. The zero-order valence-electron chi connectivity index (χ0n) is 8.75. The van der Waals surface area contributed by atoms with Crippen LogP contribution in [0.1, 0.15) is 32.1 Å². The molecule has 0 amide bonds. The Balaban J connectivity index is 2.03. The highest BCUT2D eigenvalue weighted by Gasteiger charge is 2.11. The molecule has 0 aromatic carbocycles. The lowest BCUT2D eigenvalue weighted by molar-refractivity contribution is 0.376. The minimum atomic E-state index is -3.00. The molecule has 1 heterocycles. The number of nitrogens with one attached hydrogen (secondary N) is 2.